The first-order chi connectivity index (χ1) is 6.19. The molecule has 0 heterocycles. The van der Waals surface area contributed by atoms with Crippen LogP contribution in [0.2, 0.25) is 5.02 Å². The van der Waals surface area contributed by atoms with E-state index in [-0.39, 0.29) is 0 Å². The number of halogens is 2. The van der Waals surface area contributed by atoms with Crippen LogP contribution in [0.25, 0.3) is 0 Å². The highest BCUT2D eigenvalue weighted by molar-refractivity contribution is 14.1. The molecule has 0 spiro atoms. The Morgan fingerprint density at radius 3 is 2.62 bits per heavy atom. The van der Waals surface area contributed by atoms with E-state index in [1.165, 1.54) is 0 Å². The van der Waals surface area contributed by atoms with Crippen LogP contribution >= 0.6 is 34.2 Å². The fourth-order valence-corrected chi connectivity index (χ4v) is 1.78. The van der Waals surface area contributed by atoms with Crippen molar-refractivity contribution in [1.29, 1.82) is 0 Å². The molecule has 1 aromatic rings. The molecule has 0 amide bonds. The molecule has 1 aromatic carbocycles. The maximum Gasteiger partial charge on any atom is 0.134 e. The summed E-state index contributed by atoms with van der Waals surface area (Å²) in [6.07, 6.45) is 0. The Balaban J connectivity index is 3.06. The van der Waals surface area contributed by atoms with Crippen molar-refractivity contribution in [1.82, 2.24) is 0 Å². The van der Waals surface area contributed by atoms with Crippen molar-refractivity contribution in [2.24, 2.45) is 0 Å². The molecule has 0 bridgehead atoms. The third-order valence-corrected chi connectivity index (χ3v) is 3.32. The zero-order chi connectivity index (χ0) is 9.84. The normalized spacial score (nSPS) is 10.2. The van der Waals surface area contributed by atoms with Crippen LogP contribution in [0.1, 0.15) is 5.56 Å². The van der Waals surface area contributed by atoms with Crippen LogP contribution in [0, 0.1) is 3.57 Å². The summed E-state index contributed by atoms with van der Waals surface area (Å²) in [5, 5.41) is 0.701. The van der Waals surface area contributed by atoms with Gasteiger partial charge in [0.05, 0.1) is 22.3 Å². The van der Waals surface area contributed by atoms with E-state index in [1.54, 1.807) is 14.2 Å². The average Bonchev–Trinajstić information content (AvgIpc) is 2.11. The molecule has 0 unspecified atom stereocenters. The number of hydrogen-bond acceptors (Lipinski definition) is 2. The smallest absolute Gasteiger partial charge is 0.134 e. The van der Waals surface area contributed by atoms with E-state index in [0.29, 0.717) is 11.6 Å². The lowest BCUT2D eigenvalue weighted by atomic mass is 10.2. The lowest BCUT2D eigenvalue weighted by molar-refractivity contribution is 0.184. The molecule has 0 aliphatic rings. The van der Waals surface area contributed by atoms with E-state index in [1.807, 2.05) is 12.1 Å². The van der Waals surface area contributed by atoms with Gasteiger partial charge in [-0.05, 0) is 40.3 Å². The van der Waals surface area contributed by atoms with E-state index in [2.05, 4.69) is 22.6 Å². The van der Waals surface area contributed by atoms with E-state index < -0.39 is 0 Å². The lowest BCUT2D eigenvalue weighted by Crippen LogP contribution is -1.93. The summed E-state index contributed by atoms with van der Waals surface area (Å²) < 4.78 is 11.1. The summed E-state index contributed by atoms with van der Waals surface area (Å²) in [6, 6.07) is 3.81. The second-order valence-corrected chi connectivity index (χ2v) is 4.01. The van der Waals surface area contributed by atoms with Gasteiger partial charge < -0.3 is 9.47 Å². The summed E-state index contributed by atoms with van der Waals surface area (Å²) in [5.41, 5.74) is 1.02. The quantitative estimate of drug-likeness (QED) is 0.799. The predicted molar refractivity (Wildman–Crippen MR) is 61.4 cm³/mol. The molecule has 2 nitrogen and oxygen atoms in total. The SMILES string of the molecule is COCc1cc(Cl)c(I)c(OC)c1. The first-order valence-corrected chi connectivity index (χ1v) is 5.15. The van der Waals surface area contributed by atoms with Crippen molar-refractivity contribution >= 4 is 34.2 Å². The largest absolute Gasteiger partial charge is 0.496 e. The molecular weight excluding hydrogens is 302 g/mol. The Labute approximate surface area is 96.3 Å². The van der Waals surface area contributed by atoms with Gasteiger partial charge >= 0.3 is 0 Å². The van der Waals surface area contributed by atoms with Gasteiger partial charge in [-0.15, -0.1) is 0 Å². The number of rotatable bonds is 3. The Morgan fingerprint density at radius 1 is 1.38 bits per heavy atom. The second-order valence-electron chi connectivity index (χ2n) is 2.53. The molecule has 0 saturated carbocycles. The molecule has 0 fully saturated rings. The molecule has 0 aliphatic carbocycles. The van der Waals surface area contributed by atoms with Crippen LogP contribution in [0.5, 0.6) is 5.75 Å². The first-order valence-electron chi connectivity index (χ1n) is 3.70. The van der Waals surface area contributed by atoms with Gasteiger partial charge in [-0.25, -0.2) is 0 Å². The van der Waals surface area contributed by atoms with Gasteiger partial charge in [0, 0.05) is 7.11 Å². The summed E-state index contributed by atoms with van der Waals surface area (Å²) in [5.74, 6) is 0.792. The monoisotopic (exact) mass is 312 g/mol. The highest BCUT2D eigenvalue weighted by Crippen LogP contribution is 2.29. The molecule has 0 N–H and O–H groups in total. The number of ether oxygens (including phenoxy) is 2. The Morgan fingerprint density at radius 2 is 2.08 bits per heavy atom. The van der Waals surface area contributed by atoms with Crippen LogP contribution < -0.4 is 4.74 Å². The number of benzene rings is 1. The lowest BCUT2D eigenvalue weighted by Gasteiger charge is -2.07. The van der Waals surface area contributed by atoms with Crippen molar-refractivity contribution in [3.05, 3.63) is 26.3 Å². The van der Waals surface area contributed by atoms with Crippen LogP contribution in [-0.4, -0.2) is 14.2 Å². The van der Waals surface area contributed by atoms with E-state index in [4.69, 9.17) is 21.1 Å². The standard InChI is InChI=1S/C9H10ClIO2/c1-12-5-6-3-7(10)9(11)8(4-6)13-2/h3-4H,5H2,1-2H3. The van der Waals surface area contributed by atoms with Gasteiger partial charge in [0.25, 0.3) is 0 Å². The highest BCUT2D eigenvalue weighted by atomic mass is 127. The number of hydrogen-bond donors (Lipinski definition) is 0. The van der Waals surface area contributed by atoms with Gasteiger partial charge in [0.15, 0.2) is 0 Å². The van der Waals surface area contributed by atoms with Gasteiger partial charge in [0.2, 0.25) is 0 Å². The average molecular weight is 313 g/mol. The molecule has 0 aliphatic heterocycles. The van der Waals surface area contributed by atoms with Crippen molar-refractivity contribution < 1.29 is 9.47 Å². The molecular formula is C9H10ClIO2. The van der Waals surface area contributed by atoms with Crippen molar-refractivity contribution in [3.63, 3.8) is 0 Å². The molecule has 0 saturated heterocycles. The number of methoxy groups -OCH3 is 2. The summed E-state index contributed by atoms with van der Waals surface area (Å²) in [7, 11) is 3.28. The first kappa shape index (κ1) is 11.1. The maximum atomic E-state index is 5.99. The van der Waals surface area contributed by atoms with Crippen LogP contribution in [0.15, 0.2) is 12.1 Å². The molecule has 0 atom stereocenters. The highest BCUT2D eigenvalue weighted by Gasteiger charge is 2.06. The maximum absolute atomic E-state index is 5.99. The molecule has 1 rings (SSSR count). The fourth-order valence-electron chi connectivity index (χ4n) is 1.02. The summed E-state index contributed by atoms with van der Waals surface area (Å²) in [6.45, 7) is 0.549. The van der Waals surface area contributed by atoms with E-state index in [9.17, 15) is 0 Å². The van der Waals surface area contributed by atoms with Gasteiger partial charge in [0.1, 0.15) is 5.75 Å². The van der Waals surface area contributed by atoms with Crippen molar-refractivity contribution in [2.45, 2.75) is 6.61 Å². The Kier molecular flexibility index (Phi) is 4.28. The van der Waals surface area contributed by atoms with E-state index in [0.717, 1.165) is 14.9 Å². The van der Waals surface area contributed by atoms with Crippen molar-refractivity contribution in [2.75, 3.05) is 14.2 Å². The zero-order valence-electron chi connectivity index (χ0n) is 7.43. The molecule has 72 valence electrons. The Hall–Kier alpha value is -0.000000000000000111. The van der Waals surface area contributed by atoms with Crippen LogP contribution in [0.3, 0.4) is 0 Å². The van der Waals surface area contributed by atoms with E-state index >= 15 is 0 Å². The van der Waals surface area contributed by atoms with Gasteiger partial charge in [-0.1, -0.05) is 11.6 Å². The Bertz CT molecular complexity index is 302. The molecule has 4 heteroatoms. The minimum absolute atomic E-state index is 0.549. The summed E-state index contributed by atoms with van der Waals surface area (Å²) in [4.78, 5) is 0. The minimum Gasteiger partial charge on any atom is -0.496 e. The predicted octanol–water partition coefficient (Wildman–Crippen LogP) is 3.10. The zero-order valence-corrected chi connectivity index (χ0v) is 10.3. The third kappa shape index (κ3) is 2.72. The van der Waals surface area contributed by atoms with Gasteiger partial charge in [-0.2, -0.15) is 0 Å². The van der Waals surface area contributed by atoms with Crippen LogP contribution in [-0.2, 0) is 11.3 Å². The van der Waals surface area contributed by atoms with Crippen LogP contribution in [0.4, 0.5) is 0 Å². The fraction of sp³-hybridized carbons (Fsp3) is 0.333. The molecule has 0 aromatic heterocycles. The minimum atomic E-state index is 0.549. The summed E-state index contributed by atoms with van der Waals surface area (Å²) >= 11 is 8.14. The second kappa shape index (κ2) is 5.02. The molecule has 13 heavy (non-hydrogen) atoms. The third-order valence-electron chi connectivity index (χ3n) is 1.59. The molecule has 0 radical (unpaired) electrons. The van der Waals surface area contributed by atoms with Crippen molar-refractivity contribution in [3.8, 4) is 5.75 Å². The van der Waals surface area contributed by atoms with Gasteiger partial charge in [-0.3, -0.25) is 0 Å². The topological polar surface area (TPSA) is 18.5 Å².